The predicted molar refractivity (Wildman–Crippen MR) is 75.8 cm³/mol. The second kappa shape index (κ2) is 5.90. The minimum Gasteiger partial charge on any atom is -0.481 e. The molecule has 6 heteroatoms. The van der Waals surface area contributed by atoms with Crippen molar-refractivity contribution in [3.8, 4) is 5.88 Å². The first-order valence-corrected chi connectivity index (χ1v) is 6.98. The molecule has 106 valence electrons. The third kappa shape index (κ3) is 2.74. The zero-order valence-electron chi connectivity index (χ0n) is 11.6. The molecule has 1 aliphatic heterocycles. The van der Waals surface area contributed by atoms with Crippen molar-refractivity contribution < 1.29 is 4.74 Å². The molecule has 1 unspecified atom stereocenters. The summed E-state index contributed by atoms with van der Waals surface area (Å²) in [5.74, 6) is 1.36. The molecule has 3 heterocycles. The van der Waals surface area contributed by atoms with Crippen molar-refractivity contribution in [2.45, 2.75) is 31.8 Å². The van der Waals surface area contributed by atoms with Gasteiger partial charge < -0.3 is 9.64 Å². The van der Waals surface area contributed by atoms with E-state index in [0.29, 0.717) is 11.9 Å². The lowest BCUT2D eigenvalue weighted by molar-refractivity contribution is 0.381. The molecule has 0 aromatic carbocycles. The Labute approximate surface area is 118 Å². The number of methoxy groups -OCH3 is 1. The van der Waals surface area contributed by atoms with Gasteiger partial charge in [0, 0.05) is 31.2 Å². The number of anilines is 1. The summed E-state index contributed by atoms with van der Waals surface area (Å²) < 4.78 is 7.17. The molecule has 0 bridgehead atoms. The van der Waals surface area contributed by atoms with E-state index < -0.39 is 0 Å². The summed E-state index contributed by atoms with van der Waals surface area (Å²) in [5, 5.41) is 4.30. The molecule has 2 aromatic heterocycles. The maximum atomic E-state index is 5.19. The summed E-state index contributed by atoms with van der Waals surface area (Å²) in [6.07, 6.45) is 9.12. The standard InChI is InChI=1S/C14H19N5O/c1-20-13-6-8-15-14(17-13)19-10-3-2-5-12(19)11-18-9-4-7-16-18/h4,6-9,12H,2-3,5,10-11H2,1H3. The molecule has 1 atom stereocenters. The molecule has 0 N–H and O–H groups in total. The third-order valence-electron chi connectivity index (χ3n) is 3.67. The van der Waals surface area contributed by atoms with Gasteiger partial charge in [-0.1, -0.05) is 0 Å². The summed E-state index contributed by atoms with van der Waals surface area (Å²) in [5.41, 5.74) is 0. The monoisotopic (exact) mass is 273 g/mol. The topological polar surface area (TPSA) is 56.1 Å². The summed E-state index contributed by atoms with van der Waals surface area (Å²) in [7, 11) is 1.63. The number of piperidine rings is 1. The first-order valence-electron chi connectivity index (χ1n) is 6.98. The van der Waals surface area contributed by atoms with Crippen molar-refractivity contribution in [2.75, 3.05) is 18.6 Å². The van der Waals surface area contributed by atoms with E-state index in [4.69, 9.17) is 4.74 Å². The van der Waals surface area contributed by atoms with Crippen LogP contribution >= 0.6 is 0 Å². The van der Waals surface area contributed by atoms with Crippen LogP contribution in [0.2, 0.25) is 0 Å². The third-order valence-corrected chi connectivity index (χ3v) is 3.67. The molecule has 1 fully saturated rings. The maximum Gasteiger partial charge on any atom is 0.228 e. The smallest absolute Gasteiger partial charge is 0.228 e. The van der Waals surface area contributed by atoms with Gasteiger partial charge in [0.1, 0.15) is 0 Å². The zero-order valence-corrected chi connectivity index (χ0v) is 11.6. The average Bonchev–Trinajstić information content (AvgIpc) is 3.01. The normalized spacial score (nSPS) is 19.1. The Balaban J connectivity index is 1.80. The highest BCUT2D eigenvalue weighted by Crippen LogP contribution is 2.23. The van der Waals surface area contributed by atoms with Gasteiger partial charge >= 0.3 is 0 Å². The van der Waals surface area contributed by atoms with Crippen molar-refractivity contribution in [3.05, 3.63) is 30.7 Å². The number of aromatic nitrogens is 4. The second-order valence-electron chi connectivity index (χ2n) is 4.97. The molecule has 3 rings (SSSR count). The first kappa shape index (κ1) is 12.9. The largest absolute Gasteiger partial charge is 0.481 e. The summed E-state index contributed by atoms with van der Waals surface area (Å²) in [6, 6.07) is 4.11. The lowest BCUT2D eigenvalue weighted by Crippen LogP contribution is -2.43. The van der Waals surface area contributed by atoms with Crippen molar-refractivity contribution in [1.82, 2.24) is 19.7 Å². The molecule has 0 amide bonds. The van der Waals surface area contributed by atoms with Crippen LogP contribution in [0, 0.1) is 0 Å². The minimum atomic E-state index is 0.385. The van der Waals surface area contributed by atoms with Gasteiger partial charge in [0.2, 0.25) is 11.8 Å². The van der Waals surface area contributed by atoms with E-state index in [9.17, 15) is 0 Å². The van der Waals surface area contributed by atoms with Crippen LogP contribution in [-0.2, 0) is 6.54 Å². The highest BCUT2D eigenvalue weighted by molar-refractivity contribution is 5.34. The van der Waals surface area contributed by atoms with Crippen LogP contribution in [0.4, 0.5) is 5.95 Å². The average molecular weight is 273 g/mol. The van der Waals surface area contributed by atoms with Crippen LogP contribution in [0.1, 0.15) is 19.3 Å². The number of ether oxygens (including phenoxy) is 1. The molecule has 0 aliphatic carbocycles. The van der Waals surface area contributed by atoms with Crippen molar-refractivity contribution in [2.24, 2.45) is 0 Å². The minimum absolute atomic E-state index is 0.385. The lowest BCUT2D eigenvalue weighted by Gasteiger charge is -2.35. The van der Waals surface area contributed by atoms with Crippen molar-refractivity contribution in [3.63, 3.8) is 0 Å². The summed E-state index contributed by atoms with van der Waals surface area (Å²) in [6.45, 7) is 1.85. The Morgan fingerprint density at radius 1 is 1.35 bits per heavy atom. The van der Waals surface area contributed by atoms with E-state index >= 15 is 0 Å². The molecule has 0 spiro atoms. The van der Waals surface area contributed by atoms with Crippen LogP contribution < -0.4 is 9.64 Å². The fraction of sp³-hybridized carbons (Fsp3) is 0.500. The van der Waals surface area contributed by atoms with Gasteiger partial charge in [-0.05, 0) is 25.3 Å². The van der Waals surface area contributed by atoms with E-state index in [1.165, 1.54) is 12.8 Å². The van der Waals surface area contributed by atoms with Gasteiger partial charge in [0.25, 0.3) is 0 Å². The van der Waals surface area contributed by atoms with Gasteiger partial charge in [-0.2, -0.15) is 10.1 Å². The second-order valence-corrected chi connectivity index (χ2v) is 4.97. The lowest BCUT2D eigenvalue weighted by atomic mass is 10.0. The first-order chi connectivity index (χ1) is 9.86. The van der Waals surface area contributed by atoms with Crippen LogP contribution in [0.25, 0.3) is 0 Å². The van der Waals surface area contributed by atoms with E-state index in [1.54, 1.807) is 19.4 Å². The highest BCUT2D eigenvalue weighted by atomic mass is 16.5. The van der Waals surface area contributed by atoms with Gasteiger partial charge in [0.05, 0.1) is 19.7 Å². The molecule has 20 heavy (non-hydrogen) atoms. The predicted octanol–water partition coefficient (Wildman–Crippen LogP) is 1.74. The van der Waals surface area contributed by atoms with Gasteiger partial charge in [-0.25, -0.2) is 4.98 Å². The SMILES string of the molecule is COc1ccnc(N2CCCCC2Cn2cccn2)n1. The molecular weight excluding hydrogens is 254 g/mol. The van der Waals surface area contributed by atoms with Crippen molar-refractivity contribution >= 4 is 5.95 Å². The maximum absolute atomic E-state index is 5.19. The highest BCUT2D eigenvalue weighted by Gasteiger charge is 2.25. The fourth-order valence-electron chi connectivity index (χ4n) is 2.66. The zero-order chi connectivity index (χ0) is 13.8. The van der Waals surface area contributed by atoms with Gasteiger partial charge in [-0.3, -0.25) is 4.68 Å². The Bertz CT molecular complexity index is 542. The summed E-state index contributed by atoms with van der Waals surface area (Å²) >= 11 is 0. The molecule has 1 saturated heterocycles. The molecule has 0 radical (unpaired) electrons. The van der Waals surface area contributed by atoms with Crippen LogP contribution in [0.15, 0.2) is 30.7 Å². The van der Waals surface area contributed by atoms with Crippen molar-refractivity contribution in [1.29, 1.82) is 0 Å². The number of rotatable bonds is 4. The van der Waals surface area contributed by atoms with Crippen LogP contribution in [0.5, 0.6) is 5.88 Å². The fourth-order valence-corrected chi connectivity index (χ4v) is 2.66. The molecule has 6 nitrogen and oxygen atoms in total. The molecular formula is C14H19N5O. The molecule has 0 saturated carbocycles. The number of nitrogens with zero attached hydrogens (tertiary/aromatic N) is 5. The van der Waals surface area contributed by atoms with Gasteiger partial charge in [-0.15, -0.1) is 0 Å². The van der Waals surface area contributed by atoms with E-state index in [0.717, 1.165) is 25.5 Å². The van der Waals surface area contributed by atoms with E-state index in [-0.39, 0.29) is 0 Å². The van der Waals surface area contributed by atoms with E-state index in [1.807, 2.05) is 23.1 Å². The van der Waals surface area contributed by atoms with Crippen LogP contribution in [-0.4, -0.2) is 39.4 Å². The quantitative estimate of drug-likeness (QED) is 0.849. The Morgan fingerprint density at radius 2 is 2.30 bits per heavy atom. The summed E-state index contributed by atoms with van der Waals surface area (Å²) in [4.78, 5) is 11.1. The van der Waals surface area contributed by atoms with Crippen LogP contribution in [0.3, 0.4) is 0 Å². The van der Waals surface area contributed by atoms with Gasteiger partial charge in [0.15, 0.2) is 0 Å². The molecule has 1 aliphatic rings. The Hall–Kier alpha value is -2.11. The van der Waals surface area contributed by atoms with E-state index in [2.05, 4.69) is 20.0 Å². The molecule has 2 aromatic rings. The Kier molecular flexibility index (Phi) is 3.80. The Morgan fingerprint density at radius 3 is 3.10 bits per heavy atom. The number of hydrogen-bond donors (Lipinski definition) is 0. The number of hydrogen-bond acceptors (Lipinski definition) is 5.